The maximum absolute atomic E-state index is 11.1. The van der Waals surface area contributed by atoms with Crippen LogP contribution in [-0.2, 0) is 16.0 Å². The molecule has 0 bridgehead atoms. The van der Waals surface area contributed by atoms with Crippen LogP contribution >= 0.6 is 11.3 Å². The smallest absolute Gasteiger partial charge is 0.348 e. The van der Waals surface area contributed by atoms with E-state index in [2.05, 4.69) is 10.1 Å². The summed E-state index contributed by atoms with van der Waals surface area (Å²) in [7, 11) is 1.34. The Morgan fingerprint density at radius 2 is 2.46 bits per heavy atom. The van der Waals surface area contributed by atoms with Crippen molar-refractivity contribution in [2.45, 2.75) is 6.42 Å². The topological polar surface area (TPSA) is 55.4 Å². The minimum absolute atomic E-state index is 0.0161. The van der Waals surface area contributed by atoms with E-state index >= 15 is 0 Å². The van der Waals surface area contributed by atoms with Gasteiger partial charge in [-0.3, -0.25) is 4.79 Å². The van der Waals surface area contributed by atoms with Gasteiger partial charge >= 0.3 is 5.97 Å². The number of methoxy groups -OCH3 is 1. The lowest BCUT2D eigenvalue weighted by molar-refractivity contribution is -0.115. The molecular weight excluding hydrogens is 190 g/mol. The van der Waals surface area contributed by atoms with Crippen molar-refractivity contribution >= 4 is 28.2 Å². The number of ether oxygens (including phenoxy) is 1. The molecule has 2 heterocycles. The maximum Gasteiger partial charge on any atom is 0.348 e. The largest absolute Gasteiger partial charge is 0.465 e. The molecule has 1 aliphatic heterocycles. The third kappa shape index (κ3) is 1.31. The fraction of sp³-hybridized carbons (Fsp3) is 0.250. The molecule has 0 aromatic carbocycles. The van der Waals surface area contributed by atoms with Crippen LogP contribution in [0.5, 0.6) is 0 Å². The van der Waals surface area contributed by atoms with Gasteiger partial charge in [0.2, 0.25) is 5.91 Å². The van der Waals surface area contributed by atoms with Gasteiger partial charge in [0, 0.05) is 0 Å². The van der Waals surface area contributed by atoms with Gasteiger partial charge in [0.1, 0.15) is 4.88 Å². The van der Waals surface area contributed by atoms with Crippen LogP contribution in [0.4, 0.5) is 5.00 Å². The Bertz CT molecular complexity index is 357. The van der Waals surface area contributed by atoms with Gasteiger partial charge in [-0.1, -0.05) is 0 Å². The zero-order chi connectivity index (χ0) is 9.42. The van der Waals surface area contributed by atoms with E-state index in [1.54, 1.807) is 6.07 Å². The van der Waals surface area contributed by atoms with Crippen LogP contribution in [0.25, 0.3) is 0 Å². The first-order valence-corrected chi connectivity index (χ1v) is 4.53. The number of rotatable bonds is 1. The van der Waals surface area contributed by atoms with Crippen LogP contribution < -0.4 is 5.32 Å². The molecule has 1 aromatic rings. The third-order valence-electron chi connectivity index (χ3n) is 1.80. The highest BCUT2D eigenvalue weighted by Gasteiger charge is 2.23. The molecule has 1 N–H and O–H groups in total. The van der Waals surface area contributed by atoms with Crippen molar-refractivity contribution in [3.05, 3.63) is 16.5 Å². The van der Waals surface area contributed by atoms with E-state index in [0.717, 1.165) is 10.6 Å². The second kappa shape index (κ2) is 2.85. The Morgan fingerprint density at radius 1 is 1.69 bits per heavy atom. The first-order chi connectivity index (χ1) is 6.20. The molecule has 1 aromatic heterocycles. The quantitative estimate of drug-likeness (QED) is 0.684. The standard InChI is InChI=1S/C8H7NO3S/c1-12-8(11)5-2-4-3-6(10)9-7(4)13-5/h2H,3H2,1H3,(H,9,10). The van der Waals surface area contributed by atoms with Gasteiger partial charge in [-0.25, -0.2) is 4.79 Å². The lowest BCUT2D eigenvalue weighted by Crippen LogP contribution is -2.04. The predicted octanol–water partition coefficient (Wildman–Crippen LogP) is 1.03. The van der Waals surface area contributed by atoms with E-state index in [1.165, 1.54) is 18.4 Å². The van der Waals surface area contributed by atoms with E-state index in [9.17, 15) is 9.59 Å². The van der Waals surface area contributed by atoms with Gasteiger partial charge in [-0.2, -0.15) is 0 Å². The normalized spacial score (nSPS) is 13.8. The SMILES string of the molecule is COC(=O)c1cc2c(s1)NC(=O)C2. The van der Waals surface area contributed by atoms with Gasteiger partial charge in [-0.05, 0) is 11.6 Å². The van der Waals surface area contributed by atoms with Gasteiger partial charge in [0.15, 0.2) is 0 Å². The van der Waals surface area contributed by atoms with Crippen molar-refractivity contribution in [3.8, 4) is 0 Å². The highest BCUT2D eigenvalue weighted by molar-refractivity contribution is 7.18. The van der Waals surface area contributed by atoms with Crippen molar-refractivity contribution in [1.82, 2.24) is 0 Å². The number of hydrogen-bond acceptors (Lipinski definition) is 4. The molecule has 68 valence electrons. The Morgan fingerprint density at radius 3 is 3.08 bits per heavy atom. The fourth-order valence-corrected chi connectivity index (χ4v) is 2.23. The number of carbonyl (C=O) groups is 2. The predicted molar refractivity (Wildman–Crippen MR) is 48.0 cm³/mol. The number of amides is 1. The Hall–Kier alpha value is -1.36. The van der Waals surface area contributed by atoms with Crippen molar-refractivity contribution in [3.63, 3.8) is 0 Å². The number of esters is 1. The number of fused-ring (bicyclic) bond motifs is 1. The van der Waals surface area contributed by atoms with E-state index in [-0.39, 0.29) is 11.9 Å². The second-order valence-electron chi connectivity index (χ2n) is 2.68. The molecule has 0 saturated heterocycles. The summed E-state index contributed by atoms with van der Waals surface area (Å²) < 4.78 is 4.56. The summed E-state index contributed by atoms with van der Waals surface area (Å²) in [6.45, 7) is 0. The Balaban J connectivity index is 2.31. The first kappa shape index (κ1) is 8.25. The zero-order valence-electron chi connectivity index (χ0n) is 6.92. The highest BCUT2D eigenvalue weighted by Crippen LogP contribution is 2.32. The van der Waals surface area contributed by atoms with E-state index < -0.39 is 0 Å². The Labute approximate surface area is 78.5 Å². The summed E-state index contributed by atoms with van der Waals surface area (Å²) >= 11 is 1.25. The third-order valence-corrected chi connectivity index (χ3v) is 2.87. The van der Waals surface area contributed by atoms with Crippen LogP contribution in [0.1, 0.15) is 15.2 Å². The molecule has 1 aliphatic rings. The summed E-state index contributed by atoms with van der Waals surface area (Å²) in [5.74, 6) is -0.369. The molecule has 5 heteroatoms. The minimum Gasteiger partial charge on any atom is -0.465 e. The highest BCUT2D eigenvalue weighted by atomic mass is 32.1. The zero-order valence-corrected chi connectivity index (χ0v) is 7.73. The van der Waals surface area contributed by atoms with Crippen LogP contribution in [-0.4, -0.2) is 19.0 Å². The van der Waals surface area contributed by atoms with E-state index in [4.69, 9.17) is 0 Å². The second-order valence-corrected chi connectivity index (χ2v) is 3.73. The number of thiophene rings is 1. The summed E-state index contributed by atoms with van der Waals surface area (Å²) in [5, 5.41) is 3.44. The average Bonchev–Trinajstić information content (AvgIpc) is 2.59. The van der Waals surface area contributed by atoms with Crippen molar-refractivity contribution in [1.29, 1.82) is 0 Å². The van der Waals surface area contributed by atoms with E-state index in [1.807, 2.05) is 0 Å². The van der Waals surface area contributed by atoms with Crippen LogP contribution in [0.15, 0.2) is 6.07 Å². The molecule has 0 spiro atoms. The fourth-order valence-electron chi connectivity index (χ4n) is 1.21. The maximum atomic E-state index is 11.1. The summed E-state index contributed by atoms with van der Waals surface area (Å²) in [6, 6.07) is 1.70. The van der Waals surface area contributed by atoms with E-state index in [0.29, 0.717) is 11.3 Å². The molecule has 0 atom stereocenters. The number of anilines is 1. The van der Waals surface area contributed by atoms with Gasteiger partial charge in [0.05, 0.1) is 18.5 Å². The average molecular weight is 197 g/mol. The lowest BCUT2D eigenvalue weighted by Gasteiger charge is -1.93. The first-order valence-electron chi connectivity index (χ1n) is 3.71. The van der Waals surface area contributed by atoms with Gasteiger partial charge in [-0.15, -0.1) is 11.3 Å². The number of carbonyl (C=O) groups excluding carboxylic acids is 2. The minimum atomic E-state index is -0.353. The molecule has 0 radical (unpaired) electrons. The molecule has 13 heavy (non-hydrogen) atoms. The number of hydrogen-bond donors (Lipinski definition) is 1. The molecule has 0 fully saturated rings. The Kier molecular flexibility index (Phi) is 1.81. The monoisotopic (exact) mass is 197 g/mol. The molecule has 0 aliphatic carbocycles. The number of nitrogens with one attached hydrogen (secondary N) is 1. The molecule has 0 unspecified atom stereocenters. The van der Waals surface area contributed by atoms with Crippen molar-refractivity contribution in [2.75, 3.05) is 12.4 Å². The summed E-state index contributed by atoms with van der Waals surface area (Å²) in [6.07, 6.45) is 0.364. The molecule has 4 nitrogen and oxygen atoms in total. The summed E-state index contributed by atoms with van der Waals surface area (Å²) in [4.78, 5) is 22.5. The van der Waals surface area contributed by atoms with Gasteiger partial charge < -0.3 is 10.1 Å². The van der Waals surface area contributed by atoms with Crippen LogP contribution in [0.3, 0.4) is 0 Å². The molecule has 2 rings (SSSR count). The van der Waals surface area contributed by atoms with Crippen LogP contribution in [0, 0.1) is 0 Å². The molecule has 1 amide bonds. The molecule has 0 saturated carbocycles. The van der Waals surface area contributed by atoms with Gasteiger partial charge in [0.25, 0.3) is 0 Å². The molecular formula is C8H7NO3S. The van der Waals surface area contributed by atoms with Crippen LogP contribution in [0.2, 0.25) is 0 Å². The van der Waals surface area contributed by atoms with Crippen molar-refractivity contribution in [2.24, 2.45) is 0 Å². The van der Waals surface area contributed by atoms with Crippen molar-refractivity contribution < 1.29 is 14.3 Å². The summed E-state index contributed by atoms with van der Waals surface area (Å²) in [5.41, 5.74) is 0.885. The lowest BCUT2D eigenvalue weighted by atomic mass is 10.2.